The number of methoxy groups -OCH3 is 1. The Morgan fingerprint density at radius 3 is 2.91 bits per heavy atom. The van der Waals surface area contributed by atoms with Crippen LogP contribution in [0.15, 0.2) is 12.3 Å². The molecule has 0 spiro atoms. The van der Waals surface area contributed by atoms with Gasteiger partial charge in [-0.15, -0.1) is 0 Å². The highest BCUT2D eigenvalue weighted by atomic mass is 16.5. The third kappa shape index (κ3) is 3.37. The molecule has 3 N–H and O–H groups in total. The van der Waals surface area contributed by atoms with Crippen molar-refractivity contribution in [3.63, 3.8) is 0 Å². The Hall–Kier alpha value is -1.93. The van der Waals surface area contributed by atoms with Gasteiger partial charge in [0.15, 0.2) is 0 Å². The lowest BCUT2D eigenvalue weighted by molar-refractivity contribution is -0.139. The van der Waals surface area contributed by atoms with Gasteiger partial charge in [-0.1, -0.05) is 0 Å². The molecule has 126 valence electrons. The summed E-state index contributed by atoms with van der Waals surface area (Å²) >= 11 is 0. The van der Waals surface area contributed by atoms with Crippen LogP contribution < -0.4 is 10.6 Å². The van der Waals surface area contributed by atoms with E-state index >= 15 is 0 Å². The van der Waals surface area contributed by atoms with E-state index in [4.69, 9.17) is 10.5 Å². The number of rotatable bonds is 4. The summed E-state index contributed by atoms with van der Waals surface area (Å²) in [6.07, 6.45) is 2.66. The van der Waals surface area contributed by atoms with E-state index in [1.807, 2.05) is 4.90 Å². The molecule has 1 aromatic heterocycles. The van der Waals surface area contributed by atoms with Crippen LogP contribution in [-0.2, 0) is 9.53 Å². The molecule has 8 heteroatoms. The van der Waals surface area contributed by atoms with E-state index in [2.05, 4.69) is 9.97 Å². The standard InChI is InChI=1S/C15H23N5O3/c1-23-10-15(3-4-15)13(22)19-6-7-20(9-11(21)8-19)14-17-5-2-12(16)18-14/h2,5,11,21H,3-4,6-10H2,1H3,(H2,16,17,18). The normalized spacial score (nSPS) is 23.5. The van der Waals surface area contributed by atoms with Gasteiger partial charge >= 0.3 is 0 Å². The highest BCUT2D eigenvalue weighted by molar-refractivity contribution is 5.85. The van der Waals surface area contributed by atoms with Crippen LogP contribution in [0.25, 0.3) is 0 Å². The van der Waals surface area contributed by atoms with Crippen LogP contribution in [0.5, 0.6) is 0 Å². The molecule has 2 aliphatic rings. The Labute approximate surface area is 135 Å². The van der Waals surface area contributed by atoms with Gasteiger partial charge in [-0.25, -0.2) is 4.98 Å². The molecule has 1 saturated heterocycles. The van der Waals surface area contributed by atoms with E-state index in [0.717, 1.165) is 12.8 Å². The van der Waals surface area contributed by atoms with Crippen LogP contribution >= 0.6 is 0 Å². The van der Waals surface area contributed by atoms with Crippen LogP contribution in [0.4, 0.5) is 11.8 Å². The van der Waals surface area contributed by atoms with Crippen LogP contribution in [0.3, 0.4) is 0 Å². The zero-order valence-electron chi connectivity index (χ0n) is 13.3. The van der Waals surface area contributed by atoms with E-state index < -0.39 is 6.10 Å². The summed E-state index contributed by atoms with van der Waals surface area (Å²) in [7, 11) is 1.61. The zero-order valence-corrected chi connectivity index (χ0v) is 13.3. The van der Waals surface area contributed by atoms with Gasteiger partial charge in [-0.2, -0.15) is 4.98 Å². The molecule has 2 fully saturated rings. The number of carbonyl (C=O) groups is 1. The van der Waals surface area contributed by atoms with Crippen molar-refractivity contribution in [2.75, 3.05) is 50.5 Å². The number of hydrogen-bond acceptors (Lipinski definition) is 7. The van der Waals surface area contributed by atoms with E-state index in [1.54, 1.807) is 24.3 Å². The first-order valence-electron chi connectivity index (χ1n) is 7.84. The summed E-state index contributed by atoms with van der Waals surface area (Å²) in [6, 6.07) is 1.62. The van der Waals surface area contributed by atoms with Crippen molar-refractivity contribution in [1.82, 2.24) is 14.9 Å². The maximum atomic E-state index is 12.7. The Balaban J connectivity index is 1.70. The number of nitrogen functional groups attached to an aromatic ring is 1. The van der Waals surface area contributed by atoms with Crippen molar-refractivity contribution >= 4 is 17.7 Å². The van der Waals surface area contributed by atoms with Crippen LogP contribution in [0, 0.1) is 5.41 Å². The van der Waals surface area contributed by atoms with Gasteiger partial charge in [0.25, 0.3) is 0 Å². The lowest BCUT2D eigenvalue weighted by atomic mass is 10.1. The zero-order chi connectivity index (χ0) is 16.4. The Morgan fingerprint density at radius 1 is 1.48 bits per heavy atom. The Kier molecular flexibility index (Phi) is 4.36. The summed E-state index contributed by atoms with van der Waals surface area (Å²) < 4.78 is 5.19. The average Bonchev–Trinajstić information content (AvgIpc) is 3.32. The van der Waals surface area contributed by atoms with Crippen molar-refractivity contribution < 1.29 is 14.6 Å². The first-order valence-corrected chi connectivity index (χ1v) is 7.84. The number of anilines is 2. The number of carbonyl (C=O) groups excluding carboxylic acids is 1. The van der Waals surface area contributed by atoms with Gasteiger partial charge in [0, 0.05) is 39.5 Å². The van der Waals surface area contributed by atoms with Gasteiger partial charge in [-0.3, -0.25) is 4.79 Å². The lowest BCUT2D eigenvalue weighted by Gasteiger charge is -2.26. The van der Waals surface area contributed by atoms with Gasteiger partial charge in [-0.05, 0) is 18.9 Å². The fourth-order valence-electron chi connectivity index (χ4n) is 3.05. The molecule has 1 aromatic rings. The number of hydrogen-bond donors (Lipinski definition) is 2. The Bertz CT molecular complexity index is 578. The molecular formula is C15H23N5O3. The number of aliphatic hydroxyl groups excluding tert-OH is 1. The fourth-order valence-corrected chi connectivity index (χ4v) is 3.05. The largest absolute Gasteiger partial charge is 0.389 e. The second kappa shape index (κ2) is 6.29. The number of aliphatic hydroxyl groups is 1. The predicted octanol–water partition coefficient (Wildman–Crippen LogP) is -0.505. The van der Waals surface area contributed by atoms with E-state index in [1.165, 1.54) is 0 Å². The molecule has 1 unspecified atom stereocenters. The highest BCUT2D eigenvalue weighted by Crippen LogP contribution is 2.47. The summed E-state index contributed by atoms with van der Waals surface area (Å²) in [6.45, 7) is 2.24. The minimum atomic E-state index is -0.648. The fraction of sp³-hybridized carbons (Fsp3) is 0.667. The van der Waals surface area contributed by atoms with E-state index in [9.17, 15) is 9.90 Å². The molecule has 0 bridgehead atoms. The minimum Gasteiger partial charge on any atom is -0.389 e. The molecule has 0 aromatic carbocycles. The molecule has 8 nitrogen and oxygen atoms in total. The number of aromatic nitrogens is 2. The third-order valence-electron chi connectivity index (χ3n) is 4.46. The maximum Gasteiger partial charge on any atom is 0.231 e. The maximum absolute atomic E-state index is 12.7. The smallest absolute Gasteiger partial charge is 0.231 e. The van der Waals surface area contributed by atoms with Gasteiger partial charge in [0.05, 0.1) is 18.1 Å². The second-order valence-electron chi connectivity index (χ2n) is 6.35. The first kappa shape index (κ1) is 15.9. The van der Waals surface area contributed by atoms with Crippen molar-refractivity contribution in [2.24, 2.45) is 5.41 Å². The summed E-state index contributed by atoms with van der Waals surface area (Å²) in [4.78, 5) is 24.7. The van der Waals surface area contributed by atoms with Gasteiger partial charge in [0.2, 0.25) is 11.9 Å². The monoisotopic (exact) mass is 321 g/mol. The molecule has 3 rings (SSSR count). The number of amides is 1. The number of ether oxygens (including phenoxy) is 1. The van der Waals surface area contributed by atoms with Crippen molar-refractivity contribution in [2.45, 2.75) is 18.9 Å². The topological polar surface area (TPSA) is 105 Å². The average molecular weight is 321 g/mol. The van der Waals surface area contributed by atoms with Crippen LogP contribution in [-0.4, -0.2) is 71.9 Å². The number of nitrogens with two attached hydrogens (primary N) is 1. The molecule has 1 aliphatic carbocycles. The molecule has 1 atom stereocenters. The van der Waals surface area contributed by atoms with Gasteiger partial charge < -0.3 is 25.4 Å². The number of nitrogens with zero attached hydrogens (tertiary/aromatic N) is 4. The van der Waals surface area contributed by atoms with E-state index in [0.29, 0.717) is 44.6 Å². The highest BCUT2D eigenvalue weighted by Gasteiger charge is 2.52. The lowest BCUT2D eigenvalue weighted by Crippen LogP contribution is -2.43. The molecule has 23 heavy (non-hydrogen) atoms. The van der Waals surface area contributed by atoms with Crippen molar-refractivity contribution in [3.05, 3.63) is 12.3 Å². The van der Waals surface area contributed by atoms with Crippen LogP contribution in [0.2, 0.25) is 0 Å². The Morgan fingerprint density at radius 2 is 2.26 bits per heavy atom. The first-order chi connectivity index (χ1) is 11.0. The minimum absolute atomic E-state index is 0.0775. The molecule has 1 aliphatic heterocycles. The molecule has 0 radical (unpaired) electrons. The molecule has 2 heterocycles. The quantitative estimate of drug-likeness (QED) is 0.770. The second-order valence-corrected chi connectivity index (χ2v) is 6.35. The van der Waals surface area contributed by atoms with E-state index in [-0.39, 0.29) is 11.3 Å². The predicted molar refractivity (Wildman–Crippen MR) is 84.8 cm³/mol. The van der Waals surface area contributed by atoms with Gasteiger partial charge in [0.1, 0.15) is 5.82 Å². The summed E-state index contributed by atoms with van der Waals surface area (Å²) in [5.41, 5.74) is 5.32. The van der Waals surface area contributed by atoms with Crippen LogP contribution in [0.1, 0.15) is 12.8 Å². The summed E-state index contributed by atoms with van der Waals surface area (Å²) in [5.74, 6) is 0.948. The van der Waals surface area contributed by atoms with Crippen molar-refractivity contribution in [3.8, 4) is 0 Å². The SMILES string of the molecule is COCC1(C(=O)N2CCN(c3nccc(N)n3)CC(O)C2)CC1. The van der Waals surface area contributed by atoms with Crippen molar-refractivity contribution in [1.29, 1.82) is 0 Å². The molecule has 1 amide bonds. The molecule has 1 saturated carbocycles. The number of β-amino-alcohol motifs (C(OH)–C–C–N with tert-alkyl or cyclic N) is 1. The molecular weight excluding hydrogens is 298 g/mol. The third-order valence-corrected chi connectivity index (χ3v) is 4.46. The summed E-state index contributed by atoms with van der Waals surface area (Å²) in [5, 5.41) is 10.3.